The highest BCUT2D eigenvalue weighted by molar-refractivity contribution is 5.85. The predicted octanol–water partition coefficient (Wildman–Crippen LogP) is -0.441. The van der Waals surface area contributed by atoms with Gasteiger partial charge in [-0.25, -0.2) is 4.68 Å². The van der Waals surface area contributed by atoms with Crippen LogP contribution in [-0.4, -0.2) is 39.3 Å². The van der Waals surface area contributed by atoms with E-state index in [9.17, 15) is 0 Å². The third-order valence-electron chi connectivity index (χ3n) is 2.42. The topological polar surface area (TPSA) is 72.9 Å². The maximum absolute atomic E-state index is 5.80. The molecular formula is C7H15ClN6. The van der Waals surface area contributed by atoms with Crippen molar-refractivity contribution in [2.24, 2.45) is 12.8 Å². The van der Waals surface area contributed by atoms with Crippen LogP contribution in [0.25, 0.3) is 0 Å². The lowest BCUT2D eigenvalue weighted by molar-refractivity contribution is 0.490. The molecule has 7 heteroatoms. The average Bonchev–Trinajstić information content (AvgIpc) is 2.53. The van der Waals surface area contributed by atoms with Crippen molar-refractivity contribution in [2.75, 3.05) is 18.0 Å². The summed E-state index contributed by atoms with van der Waals surface area (Å²) in [5.74, 6) is 0.840. The minimum Gasteiger partial charge on any atom is -0.340 e. The number of hydrogen-bond acceptors (Lipinski definition) is 5. The van der Waals surface area contributed by atoms with Crippen molar-refractivity contribution in [3.63, 3.8) is 0 Å². The van der Waals surface area contributed by atoms with E-state index in [1.54, 1.807) is 4.68 Å². The van der Waals surface area contributed by atoms with Crippen molar-refractivity contribution >= 4 is 18.4 Å². The molecule has 2 rings (SSSR count). The van der Waals surface area contributed by atoms with Crippen LogP contribution in [0.4, 0.5) is 5.95 Å². The summed E-state index contributed by atoms with van der Waals surface area (Å²) >= 11 is 0. The molecule has 0 atom stereocenters. The molecule has 14 heavy (non-hydrogen) atoms. The SMILES string of the molecule is Cl.Cn1nnnc1N1CCC(N)CC1. The normalized spacial score (nSPS) is 18.0. The summed E-state index contributed by atoms with van der Waals surface area (Å²) in [4.78, 5) is 2.17. The molecule has 0 aliphatic carbocycles. The van der Waals surface area contributed by atoms with Gasteiger partial charge in [0.05, 0.1) is 0 Å². The Balaban J connectivity index is 0.000000980. The van der Waals surface area contributed by atoms with E-state index in [1.165, 1.54) is 0 Å². The zero-order valence-corrected chi connectivity index (χ0v) is 8.94. The van der Waals surface area contributed by atoms with Gasteiger partial charge in [0, 0.05) is 26.2 Å². The van der Waals surface area contributed by atoms with Crippen LogP contribution < -0.4 is 10.6 Å². The minimum absolute atomic E-state index is 0. The molecule has 0 unspecified atom stereocenters. The Kier molecular flexibility index (Phi) is 3.65. The smallest absolute Gasteiger partial charge is 0.245 e. The van der Waals surface area contributed by atoms with Gasteiger partial charge in [-0.15, -0.1) is 12.4 Å². The van der Waals surface area contributed by atoms with E-state index >= 15 is 0 Å². The molecule has 1 aromatic rings. The van der Waals surface area contributed by atoms with Crippen LogP contribution in [-0.2, 0) is 7.05 Å². The number of tetrazole rings is 1. The molecule has 2 heterocycles. The highest BCUT2D eigenvalue weighted by atomic mass is 35.5. The largest absolute Gasteiger partial charge is 0.340 e. The molecule has 1 fully saturated rings. The van der Waals surface area contributed by atoms with Gasteiger partial charge in [0.1, 0.15) is 0 Å². The van der Waals surface area contributed by atoms with Gasteiger partial charge in [0.2, 0.25) is 5.95 Å². The molecule has 6 nitrogen and oxygen atoms in total. The number of hydrogen-bond donors (Lipinski definition) is 1. The van der Waals surface area contributed by atoms with Gasteiger partial charge in [0.25, 0.3) is 0 Å². The first-order valence-electron chi connectivity index (χ1n) is 4.50. The van der Waals surface area contributed by atoms with Gasteiger partial charge >= 0.3 is 0 Å². The molecule has 80 valence electrons. The monoisotopic (exact) mass is 218 g/mol. The third-order valence-corrected chi connectivity index (χ3v) is 2.42. The van der Waals surface area contributed by atoms with Gasteiger partial charge in [-0.2, -0.15) is 0 Å². The number of nitrogens with two attached hydrogens (primary N) is 1. The Hall–Kier alpha value is -0.880. The van der Waals surface area contributed by atoms with Crippen molar-refractivity contribution in [2.45, 2.75) is 18.9 Å². The molecular weight excluding hydrogens is 204 g/mol. The predicted molar refractivity (Wildman–Crippen MR) is 55.5 cm³/mol. The number of aromatic nitrogens is 4. The molecule has 1 saturated heterocycles. The molecule has 2 N–H and O–H groups in total. The zero-order valence-electron chi connectivity index (χ0n) is 8.13. The second kappa shape index (κ2) is 4.56. The van der Waals surface area contributed by atoms with E-state index in [1.807, 2.05) is 7.05 Å². The first kappa shape index (κ1) is 11.2. The molecule has 0 bridgehead atoms. The number of rotatable bonds is 1. The standard InChI is InChI=1S/C7H14N6.ClH/c1-12-7(9-10-11-12)13-4-2-6(8)3-5-13;/h6H,2-5,8H2,1H3;1H. The molecule has 0 amide bonds. The highest BCUT2D eigenvalue weighted by Crippen LogP contribution is 2.14. The molecule has 1 aromatic heterocycles. The quantitative estimate of drug-likeness (QED) is 0.692. The summed E-state index contributed by atoms with van der Waals surface area (Å²) in [7, 11) is 1.85. The number of nitrogens with zero attached hydrogens (tertiary/aromatic N) is 5. The number of piperidine rings is 1. The fraction of sp³-hybridized carbons (Fsp3) is 0.857. The van der Waals surface area contributed by atoms with Crippen LogP contribution in [0.5, 0.6) is 0 Å². The number of anilines is 1. The van der Waals surface area contributed by atoms with E-state index in [2.05, 4.69) is 20.4 Å². The fourth-order valence-corrected chi connectivity index (χ4v) is 1.59. The Bertz CT molecular complexity index is 279. The summed E-state index contributed by atoms with van der Waals surface area (Å²) in [6.07, 6.45) is 2.04. The van der Waals surface area contributed by atoms with Crippen molar-refractivity contribution in [3.8, 4) is 0 Å². The van der Waals surface area contributed by atoms with Crippen molar-refractivity contribution < 1.29 is 0 Å². The van der Waals surface area contributed by atoms with Crippen LogP contribution in [0.3, 0.4) is 0 Å². The molecule has 0 radical (unpaired) electrons. The van der Waals surface area contributed by atoms with E-state index in [4.69, 9.17) is 5.73 Å². The van der Waals surface area contributed by atoms with Gasteiger partial charge in [-0.1, -0.05) is 5.10 Å². The van der Waals surface area contributed by atoms with Gasteiger partial charge in [-0.05, 0) is 23.3 Å². The average molecular weight is 219 g/mol. The van der Waals surface area contributed by atoms with Gasteiger partial charge < -0.3 is 10.6 Å². The van der Waals surface area contributed by atoms with Crippen LogP contribution in [0.2, 0.25) is 0 Å². The Morgan fingerprint density at radius 3 is 2.50 bits per heavy atom. The summed E-state index contributed by atoms with van der Waals surface area (Å²) in [5.41, 5.74) is 5.80. The third kappa shape index (κ3) is 2.13. The van der Waals surface area contributed by atoms with Crippen LogP contribution >= 0.6 is 12.4 Å². The van der Waals surface area contributed by atoms with E-state index in [0.717, 1.165) is 31.9 Å². The molecule has 0 saturated carbocycles. The van der Waals surface area contributed by atoms with Crippen LogP contribution in [0, 0.1) is 0 Å². The first-order chi connectivity index (χ1) is 6.27. The summed E-state index contributed by atoms with van der Waals surface area (Å²) in [6.45, 7) is 1.91. The summed E-state index contributed by atoms with van der Waals surface area (Å²) in [5, 5.41) is 11.4. The maximum atomic E-state index is 5.80. The zero-order chi connectivity index (χ0) is 9.26. The van der Waals surface area contributed by atoms with E-state index in [0.29, 0.717) is 6.04 Å². The lowest BCUT2D eigenvalue weighted by Crippen LogP contribution is -2.40. The van der Waals surface area contributed by atoms with Crippen molar-refractivity contribution in [1.82, 2.24) is 20.2 Å². The highest BCUT2D eigenvalue weighted by Gasteiger charge is 2.19. The fourth-order valence-electron chi connectivity index (χ4n) is 1.59. The van der Waals surface area contributed by atoms with Gasteiger partial charge in [0.15, 0.2) is 0 Å². The molecule has 0 spiro atoms. The molecule has 0 aromatic carbocycles. The van der Waals surface area contributed by atoms with Crippen molar-refractivity contribution in [1.29, 1.82) is 0 Å². The Morgan fingerprint density at radius 2 is 2.00 bits per heavy atom. The van der Waals surface area contributed by atoms with Crippen LogP contribution in [0.1, 0.15) is 12.8 Å². The lowest BCUT2D eigenvalue weighted by atomic mass is 10.1. The Labute approximate surface area is 88.9 Å². The number of aryl methyl sites for hydroxylation is 1. The lowest BCUT2D eigenvalue weighted by Gasteiger charge is -2.29. The number of halogens is 1. The second-order valence-corrected chi connectivity index (χ2v) is 3.43. The second-order valence-electron chi connectivity index (χ2n) is 3.43. The summed E-state index contributed by atoms with van der Waals surface area (Å²) in [6, 6.07) is 0.345. The van der Waals surface area contributed by atoms with Crippen LogP contribution in [0.15, 0.2) is 0 Å². The summed E-state index contributed by atoms with van der Waals surface area (Å²) < 4.78 is 1.69. The van der Waals surface area contributed by atoms with Crippen molar-refractivity contribution in [3.05, 3.63) is 0 Å². The van der Waals surface area contributed by atoms with E-state index < -0.39 is 0 Å². The Morgan fingerprint density at radius 1 is 1.36 bits per heavy atom. The minimum atomic E-state index is 0. The van der Waals surface area contributed by atoms with Gasteiger partial charge in [-0.3, -0.25) is 0 Å². The molecule has 1 aliphatic heterocycles. The maximum Gasteiger partial charge on any atom is 0.245 e. The van der Waals surface area contributed by atoms with E-state index in [-0.39, 0.29) is 12.4 Å². The molecule has 1 aliphatic rings. The first-order valence-corrected chi connectivity index (χ1v) is 4.50.